The molecule has 154 valence electrons. The zero-order valence-corrected chi connectivity index (χ0v) is 16.9. The Balaban J connectivity index is 1.93. The molecular weight excluding hydrogens is 360 g/mol. The Morgan fingerprint density at radius 2 is 2.11 bits per heavy atom. The summed E-state index contributed by atoms with van der Waals surface area (Å²) in [6, 6.07) is 0. The molecule has 3 aliphatic rings. The van der Waals surface area contributed by atoms with Gasteiger partial charge in [0.2, 0.25) is 0 Å². The Kier molecular flexibility index (Phi) is 6.10. The topological polar surface area (TPSA) is 85.4 Å². The van der Waals surface area contributed by atoms with Gasteiger partial charge in [0.25, 0.3) is 0 Å². The van der Waals surface area contributed by atoms with E-state index in [1.54, 1.807) is 0 Å². The Morgan fingerprint density at radius 1 is 1.36 bits per heavy atom. The normalized spacial score (nSPS) is 40.0. The second kappa shape index (κ2) is 8.21. The molecular formula is C22H30O6. The highest BCUT2D eigenvalue weighted by atomic mass is 16.6. The van der Waals surface area contributed by atoms with Crippen LogP contribution >= 0.6 is 0 Å². The third kappa shape index (κ3) is 4.23. The van der Waals surface area contributed by atoms with Gasteiger partial charge in [-0.25, -0.2) is 4.79 Å². The lowest BCUT2D eigenvalue weighted by Gasteiger charge is -2.27. The molecule has 0 aromatic rings. The molecule has 0 amide bonds. The molecule has 28 heavy (non-hydrogen) atoms. The summed E-state index contributed by atoms with van der Waals surface area (Å²) in [5.74, 6) is -1.20. The molecule has 5 atom stereocenters. The molecule has 0 saturated carbocycles. The largest absolute Gasteiger partial charge is 0.454 e. The number of ether oxygens (including phenoxy) is 3. The van der Waals surface area contributed by atoms with E-state index in [-0.39, 0.29) is 18.6 Å². The van der Waals surface area contributed by atoms with Crippen molar-refractivity contribution in [2.45, 2.75) is 76.8 Å². The number of hydrogen-bond acceptors (Lipinski definition) is 6. The van der Waals surface area contributed by atoms with Crippen molar-refractivity contribution < 1.29 is 28.9 Å². The Labute approximate surface area is 166 Å². The maximum Gasteiger partial charge on any atom is 0.334 e. The first-order chi connectivity index (χ1) is 13.3. The minimum Gasteiger partial charge on any atom is -0.454 e. The van der Waals surface area contributed by atoms with Gasteiger partial charge in [-0.1, -0.05) is 24.3 Å². The smallest absolute Gasteiger partial charge is 0.334 e. The van der Waals surface area contributed by atoms with Crippen molar-refractivity contribution in [3.8, 4) is 0 Å². The summed E-state index contributed by atoms with van der Waals surface area (Å²) in [6.07, 6.45) is 6.56. The van der Waals surface area contributed by atoms with Crippen molar-refractivity contribution in [2.75, 3.05) is 6.61 Å². The second-order valence-electron chi connectivity index (χ2n) is 8.17. The lowest BCUT2D eigenvalue weighted by molar-refractivity contribution is -0.157. The first-order valence-corrected chi connectivity index (χ1v) is 9.95. The van der Waals surface area contributed by atoms with Gasteiger partial charge >= 0.3 is 11.9 Å². The van der Waals surface area contributed by atoms with E-state index in [0.717, 1.165) is 31.3 Å². The van der Waals surface area contributed by atoms with Crippen LogP contribution in [0.1, 0.15) is 52.9 Å². The van der Waals surface area contributed by atoms with Crippen molar-refractivity contribution in [3.05, 3.63) is 35.5 Å². The van der Waals surface area contributed by atoms with E-state index >= 15 is 0 Å². The molecule has 1 aliphatic carbocycles. The van der Waals surface area contributed by atoms with E-state index in [9.17, 15) is 14.7 Å². The fourth-order valence-electron chi connectivity index (χ4n) is 4.27. The number of aliphatic hydroxyl groups is 1. The molecule has 2 heterocycles. The number of hydrogen-bond donors (Lipinski definition) is 1. The Morgan fingerprint density at radius 3 is 2.79 bits per heavy atom. The Hall–Kier alpha value is -1.92. The summed E-state index contributed by atoms with van der Waals surface area (Å²) in [7, 11) is 0. The van der Waals surface area contributed by atoms with Gasteiger partial charge in [-0.05, 0) is 51.5 Å². The van der Waals surface area contributed by atoms with Crippen molar-refractivity contribution >= 4 is 11.9 Å². The predicted octanol–water partition coefficient (Wildman–Crippen LogP) is 3.00. The highest BCUT2D eigenvalue weighted by molar-refractivity contribution is 5.91. The number of carbonyl (C=O) groups excluding carboxylic acids is 2. The maximum absolute atomic E-state index is 12.3. The summed E-state index contributed by atoms with van der Waals surface area (Å²) in [6.45, 7) is 9.19. The average molecular weight is 390 g/mol. The number of epoxide rings is 1. The molecule has 2 saturated heterocycles. The second-order valence-corrected chi connectivity index (χ2v) is 8.17. The lowest BCUT2D eigenvalue weighted by Crippen LogP contribution is -2.37. The van der Waals surface area contributed by atoms with Crippen LogP contribution in [-0.4, -0.2) is 47.6 Å². The van der Waals surface area contributed by atoms with Crippen molar-refractivity contribution in [1.29, 1.82) is 0 Å². The van der Waals surface area contributed by atoms with E-state index in [1.165, 1.54) is 12.5 Å². The molecule has 0 aromatic heterocycles. The molecule has 0 radical (unpaired) electrons. The molecule has 0 spiro atoms. The third-order valence-corrected chi connectivity index (χ3v) is 6.10. The number of esters is 2. The average Bonchev–Trinajstić information content (AvgIpc) is 3.26. The lowest BCUT2D eigenvalue weighted by atomic mass is 9.83. The standard InChI is InChI=1S/C22H30O6/c1-13-7-5-9-14(2)19(26-16(4)24)20-17(15(3)21(25)27-20)11-18-22(12-23,28-18)10-6-8-13/h8-9,17-20,23H,3,5-7,10-12H2,1-2,4H3/b13-8+,14-9+/t17-,18+,19-,20-,22+/m1/s1. The van der Waals surface area contributed by atoms with Gasteiger partial charge in [-0.3, -0.25) is 4.79 Å². The summed E-state index contributed by atoms with van der Waals surface area (Å²) in [5, 5.41) is 9.89. The van der Waals surface area contributed by atoms with E-state index < -0.39 is 29.7 Å². The van der Waals surface area contributed by atoms with Crippen LogP contribution in [0.3, 0.4) is 0 Å². The molecule has 0 unspecified atom stereocenters. The first kappa shape index (κ1) is 20.8. The van der Waals surface area contributed by atoms with Crippen LogP contribution in [0, 0.1) is 5.92 Å². The van der Waals surface area contributed by atoms with Crippen LogP contribution in [-0.2, 0) is 23.8 Å². The van der Waals surface area contributed by atoms with Crippen molar-refractivity contribution in [2.24, 2.45) is 5.92 Å². The highest BCUT2D eigenvalue weighted by Crippen LogP contribution is 2.47. The predicted molar refractivity (Wildman–Crippen MR) is 103 cm³/mol. The van der Waals surface area contributed by atoms with Crippen LogP contribution in [0.5, 0.6) is 0 Å². The van der Waals surface area contributed by atoms with E-state index in [0.29, 0.717) is 12.0 Å². The van der Waals surface area contributed by atoms with Crippen LogP contribution in [0.4, 0.5) is 0 Å². The van der Waals surface area contributed by atoms with Gasteiger partial charge in [0, 0.05) is 18.4 Å². The molecule has 0 bridgehead atoms. The number of carbonyl (C=O) groups is 2. The molecule has 6 heteroatoms. The summed E-state index contributed by atoms with van der Waals surface area (Å²) >= 11 is 0. The van der Waals surface area contributed by atoms with Crippen LogP contribution < -0.4 is 0 Å². The summed E-state index contributed by atoms with van der Waals surface area (Å²) in [5.41, 5.74) is 1.94. The maximum atomic E-state index is 12.3. The van der Waals surface area contributed by atoms with Crippen LogP contribution in [0.15, 0.2) is 35.5 Å². The molecule has 6 nitrogen and oxygen atoms in total. The third-order valence-electron chi connectivity index (χ3n) is 6.10. The summed E-state index contributed by atoms with van der Waals surface area (Å²) < 4.78 is 17.1. The van der Waals surface area contributed by atoms with Gasteiger partial charge in [-0.15, -0.1) is 0 Å². The van der Waals surface area contributed by atoms with E-state index in [1.807, 2.05) is 13.0 Å². The monoisotopic (exact) mass is 390 g/mol. The summed E-state index contributed by atoms with van der Waals surface area (Å²) in [4.78, 5) is 24.0. The van der Waals surface area contributed by atoms with Gasteiger partial charge in [0.05, 0.1) is 12.7 Å². The first-order valence-electron chi connectivity index (χ1n) is 9.95. The van der Waals surface area contributed by atoms with Gasteiger partial charge < -0.3 is 19.3 Å². The van der Waals surface area contributed by atoms with E-state index in [2.05, 4.69) is 19.6 Å². The number of allylic oxidation sites excluding steroid dienone is 3. The fraction of sp³-hybridized carbons (Fsp3) is 0.636. The van der Waals surface area contributed by atoms with Crippen molar-refractivity contribution in [3.63, 3.8) is 0 Å². The zero-order chi connectivity index (χ0) is 20.5. The SMILES string of the molecule is C=C1C(=O)O[C@@H]2[C@@H]1C[C@@H]1O[C@]1(CO)CC/C=C(\C)CC/C=C(\C)[C@H]2OC(C)=O. The number of fused-ring (bicyclic) bond motifs is 2. The van der Waals surface area contributed by atoms with Crippen molar-refractivity contribution in [1.82, 2.24) is 0 Å². The Bertz CT molecular complexity index is 721. The van der Waals surface area contributed by atoms with Gasteiger partial charge in [-0.2, -0.15) is 0 Å². The zero-order valence-electron chi connectivity index (χ0n) is 16.9. The molecule has 1 N–H and O–H groups in total. The van der Waals surface area contributed by atoms with Gasteiger partial charge in [0.15, 0.2) is 6.10 Å². The minimum absolute atomic E-state index is 0.0600. The fourth-order valence-corrected chi connectivity index (χ4v) is 4.27. The van der Waals surface area contributed by atoms with E-state index in [4.69, 9.17) is 14.2 Å². The van der Waals surface area contributed by atoms with Crippen LogP contribution in [0.25, 0.3) is 0 Å². The number of aliphatic hydroxyl groups excluding tert-OH is 1. The highest BCUT2D eigenvalue weighted by Gasteiger charge is 2.58. The molecule has 0 aromatic carbocycles. The van der Waals surface area contributed by atoms with Crippen LogP contribution in [0.2, 0.25) is 0 Å². The molecule has 2 fully saturated rings. The van der Waals surface area contributed by atoms with Gasteiger partial charge in [0.1, 0.15) is 11.7 Å². The molecule has 3 rings (SSSR count). The number of rotatable bonds is 2. The minimum atomic E-state index is -0.653. The molecule has 2 aliphatic heterocycles. The quantitative estimate of drug-likeness (QED) is 0.338.